The second kappa shape index (κ2) is 4.68. The van der Waals surface area contributed by atoms with Crippen molar-refractivity contribution in [2.75, 3.05) is 13.2 Å². The molecule has 104 valence electrons. The molecule has 0 aliphatic heterocycles. The van der Waals surface area contributed by atoms with Gasteiger partial charge < -0.3 is 9.47 Å². The SMILES string of the molecule is CC1(C)CC1(C)C(=O)OCCOC(=O)n1ccnc1. The van der Waals surface area contributed by atoms with E-state index >= 15 is 0 Å². The normalized spacial score (nSPS) is 23.7. The maximum atomic E-state index is 11.8. The monoisotopic (exact) mass is 266 g/mol. The average Bonchev–Trinajstić information content (AvgIpc) is 2.75. The van der Waals surface area contributed by atoms with Gasteiger partial charge in [0, 0.05) is 12.4 Å². The van der Waals surface area contributed by atoms with Gasteiger partial charge in [-0.25, -0.2) is 14.3 Å². The molecule has 1 unspecified atom stereocenters. The summed E-state index contributed by atoms with van der Waals surface area (Å²) in [6.07, 6.45) is 4.61. The Kier molecular flexibility index (Phi) is 3.34. The number of rotatable bonds is 4. The molecule has 1 atom stereocenters. The zero-order chi connectivity index (χ0) is 14.1. The van der Waals surface area contributed by atoms with Crippen molar-refractivity contribution in [3.63, 3.8) is 0 Å². The molecule has 1 saturated carbocycles. The van der Waals surface area contributed by atoms with Crippen LogP contribution >= 0.6 is 0 Å². The van der Waals surface area contributed by atoms with Crippen LogP contribution in [0.4, 0.5) is 4.79 Å². The van der Waals surface area contributed by atoms with E-state index in [1.54, 1.807) is 0 Å². The Morgan fingerprint density at radius 3 is 2.42 bits per heavy atom. The van der Waals surface area contributed by atoms with Gasteiger partial charge in [0.2, 0.25) is 0 Å². The van der Waals surface area contributed by atoms with Crippen LogP contribution in [0.15, 0.2) is 18.7 Å². The van der Waals surface area contributed by atoms with E-state index in [0.29, 0.717) is 0 Å². The minimum Gasteiger partial charge on any atom is -0.462 e. The number of imidazole rings is 1. The van der Waals surface area contributed by atoms with Crippen molar-refractivity contribution in [3.8, 4) is 0 Å². The van der Waals surface area contributed by atoms with Crippen molar-refractivity contribution >= 4 is 12.1 Å². The number of carbonyl (C=O) groups is 2. The van der Waals surface area contributed by atoms with Gasteiger partial charge in [-0.1, -0.05) is 13.8 Å². The third-order valence-corrected chi connectivity index (χ3v) is 3.87. The van der Waals surface area contributed by atoms with Gasteiger partial charge in [-0.2, -0.15) is 0 Å². The lowest BCUT2D eigenvalue weighted by Gasteiger charge is -2.13. The Hall–Kier alpha value is -1.85. The van der Waals surface area contributed by atoms with Gasteiger partial charge in [0.05, 0.1) is 5.41 Å². The highest BCUT2D eigenvalue weighted by Gasteiger charge is 2.63. The highest BCUT2D eigenvalue weighted by molar-refractivity contribution is 5.81. The number of hydrogen-bond donors (Lipinski definition) is 0. The molecule has 0 bridgehead atoms. The number of ether oxygens (including phenoxy) is 2. The van der Waals surface area contributed by atoms with E-state index in [2.05, 4.69) is 4.98 Å². The van der Waals surface area contributed by atoms with Crippen LogP contribution in [0.25, 0.3) is 0 Å². The van der Waals surface area contributed by atoms with E-state index in [4.69, 9.17) is 9.47 Å². The first-order valence-electron chi connectivity index (χ1n) is 6.19. The third kappa shape index (κ3) is 2.62. The summed E-state index contributed by atoms with van der Waals surface area (Å²) >= 11 is 0. The van der Waals surface area contributed by atoms with Gasteiger partial charge in [-0.15, -0.1) is 0 Å². The number of esters is 1. The molecule has 1 aromatic heterocycles. The van der Waals surface area contributed by atoms with Crippen molar-refractivity contribution in [1.29, 1.82) is 0 Å². The Morgan fingerprint density at radius 2 is 1.89 bits per heavy atom. The summed E-state index contributed by atoms with van der Waals surface area (Å²) in [5.74, 6) is -0.226. The molecule has 1 fully saturated rings. The lowest BCUT2D eigenvalue weighted by molar-refractivity contribution is -0.151. The Morgan fingerprint density at radius 1 is 1.26 bits per heavy atom. The van der Waals surface area contributed by atoms with Crippen LogP contribution < -0.4 is 0 Å². The molecule has 1 aliphatic rings. The van der Waals surface area contributed by atoms with E-state index < -0.39 is 11.5 Å². The minimum atomic E-state index is -0.536. The Balaban J connectivity index is 1.68. The summed E-state index contributed by atoms with van der Waals surface area (Å²) in [4.78, 5) is 27.0. The van der Waals surface area contributed by atoms with Crippen molar-refractivity contribution in [2.24, 2.45) is 10.8 Å². The smallest absolute Gasteiger partial charge is 0.419 e. The van der Waals surface area contributed by atoms with Crippen molar-refractivity contribution < 1.29 is 19.1 Å². The van der Waals surface area contributed by atoms with E-state index in [0.717, 1.165) is 6.42 Å². The summed E-state index contributed by atoms with van der Waals surface area (Å²) in [6.45, 7) is 6.08. The molecule has 0 spiro atoms. The molecule has 1 heterocycles. The predicted molar refractivity (Wildman–Crippen MR) is 66.4 cm³/mol. The topological polar surface area (TPSA) is 70.4 Å². The fourth-order valence-electron chi connectivity index (χ4n) is 2.05. The maximum Gasteiger partial charge on any atom is 0.419 e. The highest BCUT2D eigenvalue weighted by Crippen LogP contribution is 2.63. The zero-order valence-corrected chi connectivity index (χ0v) is 11.4. The standard InChI is InChI=1S/C13H18N2O4/c1-12(2)8-13(12,3)10(16)18-6-7-19-11(17)15-5-4-14-9-15/h4-5,9H,6-8H2,1-3H3. The van der Waals surface area contributed by atoms with Crippen LogP contribution in [0.5, 0.6) is 0 Å². The van der Waals surface area contributed by atoms with Crippen LogP contribution in [0.3, 0.4) is 0 Å². The van der Waals surface area contributed by atoms with E-state index in [1.807, 2.05) is 20.8 Å². The lowest BCUT2D eigenvalue weighted by Crippen LogP contribution is -2.23. The molecule has 0 aromatic carbocycles. The van der Waals surface area contributed by atoms with Gasteiger partial charge in [-0.05, 0) is 18.8 Å². The number of aromatic nitrogens is 2. The first kappa shape index (κ1) is 13.6. The van der Waals surface area contributed by atoms with Crippen molar-refractivity contribution in [1.82, 2.24) is 9.55 Å². The first-order valence-corrected chi connectivity index (χ1v) is 6.19. The largest absolute Gasteiger partial charge is 0.462 e. The zero-order valence-electron chi connectivity index (χ0n) is 11.4. The van der Waals surface area contributed by atoms with Crippen molar-refractivity contribution in [3.05, 3.63) is 18.7 Å². The number of carbonyl (C=O) groups excluding carboxylic acids is 2. The molecule has 19 heavy (non-hydrogen) atoms. The molecule has 1 aliphatic carbocycles. The summed E-state index contributed by atoms with van der Waals surface area (Å²) in [7, 11) is 0. The van der Waals surface area contributed by atoms with Crippen LogP contribution in [-0.2, 0) is 14.3 Å². The Labute approximate surface area is 111 Å². The van der Waals surface area contributed by atoms with Gasteiger partial charge in [0.15, 0.2) is 0 Å². The number of hydrogen-bond acceptors (Lipinski definition) is 5. The summed E-state index contributed by atoms with van der Waals surface area (Å²) < 4.78 is 11.3. The third-order valence-electron chi connectivity index (χ3n) is 3.87. The molecular formula is C13H18N2O4. The average molecular weight is 266 g/mol. The molecule has 0 saturated heterocycles. The van der Waals surface area contributed by atoms with E-state index in [9.17, 15) is 9.59 Å². The van der Waals surface area contributed by atoms with Gasteiger partial charge in [0.25, 0.3) is 0 Å². The van der Waals surface area contributed by atoms with E-state index in [1.165, 1.54) is 23.3 Å². The maximum absolute atomic E-state index is 11.8. The summed E-state index contributed by atoms with van der Waals surface area (Å²) in [5.41, 5.74) is -0.404. The molecular weight excluding hydrogens is 248 g/mol. The predicted octanol–water partition coefficient (Wildman–Crippen LogP) is 1.85. The summed E-state index contributed by atoms with van der Waals surface area (Å²) in [5, 5.41) is 0. The van der Waals surface area contributed by atoms with Gasteiger partial charge in [0.1, 0.15) is 19.5 Å². The molecule has 6 nitrogen and oxygen atoms in total. The Bertz CT molecular complexity index is 481. The highest BCUT2D eigenvalue weighted by atomic mass is 16.6. The van der Waals surface area contributed by atoms with Crippen LogP contribution in [0.1, 0.15) is 27.2 Å². The van der Waals surface area contributed by atoms with Crippen LogP contribution in [0.2, 0.25) is 0 Å². The molecule has 0 amide bonds. The fraction of sp³-hybridized carbons (Fsp3) is 0.615. The van der Waals surface area contributed by atoms with Crippen LogP contribution in [-0.4, -0.2) is 34.8 Å². The summed E-state index contributed by atoms with van der Waals surface area (Å²) in [6, 6.07) is 0. The second-order valence-corrected chi connectivity index (χ2v) is 5.61. The quantitative estimate of drug-likeness (QED) is 0.614. The molecule has 0 N–H and O–H groups in total. The number of nitrogens with zero attached hydrogens (tertiary/aromatic N) is 2. The molecule has 1 aromatic rings. The first-order chi connectivity index (χ1) is 8.87. The van der Waals surface area contributed by atoms with E-state index in [-0.39, 0.29) is 24.6 Å². The minimum absolute atomic E-state index is 0.00241. The fourth-order valence-corrected chi connectivity index (χ4v) is 2.05. The van der Waals surface area contributed by atoms with Gasteiger partial charge >= 0.3 is 12.1 Å². The second-order valence-electron chi connectivity index (χ2n) is 5.61. The van der Waals surface area contributed by atoms with Crippen molar-refractivity contribution in [2.45, 2.75) is 27.2 Å². The van der Waals surface area contributed by atoms with Crippen LogP contribution in [0, 0.1) is 10.8 Å². The van der Waals surface area contributed by atoms with Gasteiger partial charge in [-0.3, -0.25) is 4.79 Å². The molecule has 2 rings (SSSR count). The molecule has 0 radical (unpaired) electrons. The lowest BCUT2D eigenvalue weighted by atomic mass is 9.99. The molecule has 6 heteroatoms.